The van der Waals surface area contributed by atoms with Crippen molar-refractivity contribution in [2.45, 2.75) is 20.4 Å². The van der Waals surface area contributed by atoms with Crippen molar-refractivity contribution in [1.29, 1.82) is 0 Å². The second kappa shape index (κ2) is 6.04. The Hall–Kier alpha value is -2.22. The Bertz CT molecular complexity index is 711. The molecule has 1 aromatic carbocycles. The minimum absolute atomic E-state index is 0.0521. The molecule has 0 spiro atoms. The molecule has 0 fully saturated rings. The third-order valence-corrected chi connectivity index (χ3v) is 3.66. The normalized spacial score (nSPS) is 10.4. The molecule has 1 heterocycles. The first kappa shape index (κ1) is 15.2. The number of hydrogen-bond donors (Lipinski definition) is 1. The van der Waals surface area contributed by atoms with Gasteiger partial charge in [-0.3, -0.25) is 19.6 Å². The predicted octanol–water partition coefficient (Wildman–Crippen LogP) is 2.81. The molecule has 0 atom stereocenters. The first-order valence-corrected chi connectivity index (χ1v) is 6.92. The molecule has 0 bridgehead atoms. The Kier molecular flexibility index (Phi) is 4.37. The van der Waals surface area contributed by atoms with Crippen molar-refractivity contribution in [2.75, 3.05) is 5.32 Å². The minimum Gasteiger partial charge on any atom is -0.323 e. The summed E-state index contributed by atoms with van der Waals surface area (Å²) in [4.78, 5) is 22.5. The molecule has 2 rings (SSSR count). The Morgan fingerprint density at radius 1 is 1.43 bits per heavy atom. The van der Waals surface area contributed by atoms with Gasteiger partial charge in [-0.15, -0.1) is 0 Å². The van der Waals surface area contributed by atoms with Crippen LogP contribution in [0, 0.1) is 24.0 Å². The minimum atomic E-state index is -0.486. The molecule has 1 N–H and O–H groups in total. The van der Waals surface area contributed by atoms with Gasteiger partial charge in [-0.25, -0.2) is 0 Å². The van der Waals surface area contributed by atoms with Gasteiger partial charge in [-0.2, -0.15) is 5.10 Å². The van der Waals surface area contributed by atoms with Crippen LogP contribution in [0.4, 0.5) is 11.4 Å². The number of nitro groups is 1. The summed E-state index contributed by atoms with van der Waals surface area (Å²) in [6, 6.07) is 7.20. The molecule has 8 heteroatoms. The van der Waals surface area contributed by atoms with Crippen LogP contribution in [-0.2, 0) is 11.3 Å². The number of rotatable bonds is 4. The van der Waals surface area contributed by atoms with E-state index in [9.17, 15) is 14.9 Å². The number of hydrogen-bond acceptors (Lipinski definition) is 4. The quantitative estimate of drug-likeness (QED) is 0.676. The molecule has 0 aliphatic carbocycles. The number of amides is 1. The summed E-state index contributed by atoms with van der Waals surface area (Å²) >= 11 is 3.33. The van der Waals surface area contributed by atoms with Crippen LogP contribution in [-0.4, -0.2) is 20.6 Å². The SMILES string of the molecule is Cc1nn(CC(=O)Nc2ccccc2Br)c(C)c1[N+](=O)[O-]. The van der Waals surface area contributed by atoms with Crippen LogP contribution >= 0.6 is 15.9 Å². The predicted molar refractivity (Wildman–Crippen MR) is 81.1 cm³/mol. The van der Waals surface area contributed by atoms with Gasteiger partial charge in [-0.05, 0) is 41.9 Å². The summed E-state index contributed by atoms with van der Waals surface area (Å²) in [7, 11) is 0. The average Bonchev–Trinajstić information content (AvgIpc) is 2.67. The third-order valence-electron chi connectivity index (χ3n) is 2.97. The lowest BCUT2D eigenvalue weighted by molar-refractivity contribution is -0.386. The second-order valence-electron chi connectivity index (χ2n) is 4.46. The molecule has 21 heavy (non-hydrogen) atoms. The average molecular weight is 353 g/mol. The Balaban J connectivity index is 2.16. The number of para-hydroxylation sites is 1. The highest BCUT2D eigenvalue weighted by atomic mass is 79.9. The van der Waals surface area contributed by atoms with Gasteiger partial charge in [0.15, 0.2) is 0 Å². The van der Waals surface area contributed by atoms with E-state index < -0.39 is 4.92 Å². The smallest absolute Gasteiger partial charge is 0.312 e. The summed E-state index contributed by atoms with van der Waals surface area (Å²) in [5.41, 5.74) is 1.24. The van der Waals surface area contributed by atoms with Crippen molar-refractivity contribution in [1.82, 2.24) is 9.78 Å². The van der Waals surface area contributed by atoms with E-state index in [0.29, 0.717) is 17.1 Å². The maximum Gasteiger partial charge on any atom is 0.312 e. The van der Waals surface area contributed by atoms with Crippen LogP contribution in [0.25, 0.3) is 0 Å². The summed E-state index contributed by atoms with van der Waals surface area (Å²) in [6.07, 6.45) is 0. The fraction of sp³-hybridized carbons (Fsp3) is 0.231. The number of nitrogens with one attached hydrogen (secondary N) is 1. The number of anilines is 1. The third kappa shape index (κ3) is 3.27. The topological polar surface area (TPSA) is 90.1 Å². The van der Waals surface area contributed by atoms with Gasteiger partial charge in [0.2, 0.25) is 5.91 Å². The van der Waals surface area contributed by atoms with Crippen molar-refractivity contribution in [3.8, 4) is 0 Å². The number of aryl methyl sites for hydroxylation is 1. The van der Waals surface area contributed by atoms with E-state index >= 15 is 0 Å². The molecule has 1 amide bonds. The molecule has 0 aliphatic heterocycles. The molecule has 2 aromatic rings. The largest absolute Gasteiger partial charge is 0.323 e. The standard InChI is InChI=1S/C13H13BrN4O3/c1-8-13(18(20)21)9(2)17(16-8)7-12(19)15-11-6-4-3-5-10(11)14/h3-6H,7H2,1-2H3,(H,15,19). The van der Waals surface area contributed by atoms with E-state index in [-0.39, 0.29) is 18.1 Å². The Morgan fingerprint density at radius 3 is 2.67 bits per heavy atom. The fourth-order valence-electron chi connectivity index (χ4n) is 1.99. The highest BCUT2D eigenvalue weighted by molar-refractivity contribution is 9.10. The Morgan fingerprint density at radius 2 is 2.10 bits per heavy atom. The van der Waals surface area contributed by atoms with Gasteiger partial charge in [0.25, 0.3) is 0 Å². The van der Waals surface area contributed by atoms with Crippen molar-refractivity contribution < 1.29 is 9.72 Å². The second-order valence-corrected chi connectivity index (χ2v) is 5.32. The van der Waals surface area contributed by atoms with Gasteiger partial charge < -0.3 is 5.32 Å². The van der Waals surface area contributed by atoms with Crippen molar-refractivity contribution in [3.63, 3.8) is 0 Å². The molecule has 110 valence electrons. The highest BCUT2D eigenvalue weighted by Gasteiger charge is 2.22. The molecule has 0 saturated carbocycles. The number of nitrogens with zero attached hydrogens (tertiary/aromatic N) is 3. The van der Waals surface area contributed by atoms with Crippen molar-refractivity contribution in [3.05, 3.63) is 50.2 Å². The molecule has 0 saturated heterocycles. The maximum atomic E-state index is 12.0. The fourth-order valence-corrected chi connectivity index (χ4v) is 2.38. The van der Waals surface area contributed by atoms with E-state index in [1.165, 1.54) is 4.68 Å². The summed E-state index contributed by atoms with van der Waals surface area (Å²) in [6.45, 7) is 3.04. The van der Waals surface area contributed by atoms with Crippen molar-refractivity contribution >= 4 is 33.2 Å². The van der Waals surface area contributed by atoms with Crippen LogP contribution in [0.5, 0.6) is 0 Å². The molecule has 0 aliphatic rings. The monoisotopic (exact) mass is 352 g/mol. The molecule has 7 nitrogen and oxygen atoms in total. The van der Waals surface area contributed by atoms with E-state index in [2.05, 4.69) is 26.3 Å². The molecular formula is C13H13BrN4O3. The number of aromatic nitrogens is 2. The van der Waals surface area contributed by atoms with Crippen LogP contribution in [0.1, 0.15) is 11.4 Å². The summed E-state index contributed by atoms with van der Waals surface area (Å²) in [5, 5.41) is 17.7. The lowest BCUT2D eigenvalue weighted by Crippen LogP contribution is -2.20. The van der Waals surface area contributed by atoms with E-state index in [0.717, 1.165) is 4.47 Å². The Labute approximate surface area is 129 Å². The zero-order valence-corrected chi connectivity index (χ0v) is 13.0. The van der Waals surface area contributed by atoms with Crippen molar-refractivity contribution in [2.24, 2.45) is 0 Å². The summed E-state index contributed by atoms with van der Waals surface area (Å²) in [5.74, 6) is -0.303. The van der Waals surface area contributed by atoms with Crippen LogP contribution in [0.3, 0.4) is 0 Å². The zero-order valence-electron chi connectivity index (χ0n) is 11.5. The van der Waals surface area contributed by atoms with Crippen LogP contribution in [0.2, 0.25) is 0 Å². The van der Waals surface area contributed by atoms with Gasteiger partial charge in [0.05, 0.1) is 10.6 Å². The zero-order chi connectivity index (χ0) is 15.6. The number of carbonyl (C=O) groups excluding carboxylic acids is 1. The molecule has 0 unspecified atom stereocenters. The van der Waals surface area contributed by atoms with Gasteiger partial charge in [-0.1, -0.05) is 12.1 Å². The van der Waals surface area contributed by atoms with E-state index in [4.69, 9.17) is 0 Å². The highest BCUT2D eigenvalue weighted by Crippen LogP contribution is 2.23. The van der Waals surface area contributed by atoms with Crippen LogP contribution in [0.15, 0.2) is 28.7 Å². The van der Waals surface area contributed by atoms with E-state index in [1.54, 1.807) is 26.0 Å². The molecule has 1 aromatic heterocycles. The first-order valence-electron chi connectivity index (χ1n) is 6.13. The van der Waals surface area contributed by atoms with Crippen LogP contribution < -0.4 is 5.32 Å². The summed E-state index contributed by atoms with van der Waals surface area (Å²) < 4.78 is 2.09. The van der Waals surface area contributed by atoms with Gasteiger partial charge in [0, 0.05) is 4.47 Å². The molecular weight excluding hydrogens is 340 g/mol. The molecule has 0 radical (unpaired) electrons. The lowest BCUT2D eigenvalue weighted by Gasteiger charge is -2.07. The van der Waals surface area contributed by atoms with Gasteiger partial charge in [0.1, 0.15) is 17.9 Å². The first-order chi connectivity index (χ1) is 9.90. The number of benzene rings is 1. The van der Waals surface area contributed by atoms with E-state index in [1.807, 2.05) is 12.1 Å². The lowest BCUT2D eigenvalue weighted by atomic mass is 10.3. The van der Waals surface area contributed by atoms with Gasteiger partial charge >= 0.3 is 5.69 Å². The number of carbonyl (C=O) groups is 1. The number of halogens is 1. The maximum absolute atomic E-state index is 12.0.